The quantitative estimate of drug-likeness (QED) is 0.681. The van der Waals surface area contributed by atoms with Crippen molar-refractivity contribution in [2.24, 2.45) is 0 Å². The maximum atomic E-state index is 12.5. The summed E-state index contributed by atoms with van der Waals surface area (Å²) in [5, 5.41) is 0. The summed E-state index contributed by atoms with van der Waals surface area (Å²) >= 11 is 0. The lowest BCUT2D eigenvalue weighted by Gasteiger charge is -2.36. The first-order valence-electron chi connectivity index (χ1n) is 10.5. The molecule has 0 radical (unpaired) electrons. The van der Waals surface area contributed by atoms with E-state index in [9.17, 15) is 18.0 Å². The van der Waals surface area contributed by atoms with Crippen LogP contribution in [0.5, 0.6) is 5.75 Å². The van der Waals surface area contributed by atoms with Crippen LogP contribution in [0.25, 0.3) is 0 Å². The minimum absolute atomic E-state index is 0.0130. The fraction of sp³-hybridized carbons (Fsp3) is 0.714. The number of alkyl halides is 3. The minimum Gasteiger partial charge on any atom is -0.490 e. The number of nitrogens with zero attached hydrogens (tertiary/aromatic N) is 2. The fourth-order valence-electron chi connectivity index (χ4n) is 3.80. The van der Waals surface area contributed by atoms with E-state index in [0.717, 1.165) is 43.9 Å². The maximum Gasteiger partial charge on any atom is 0.425 e. The SMILES string of the molecule is Cc1cnccc1O[C@H]1CC[C@H](OC2CCN(C(=O)OC(C)C(F)(F)F)CC2)CC1. The Balaban J connectivity index is 1.36. The summed E-state index contributed by atoms with van der Waals surface area (Å²) in [5.74, 6) is 0.869. The van der Waals surface area contributed by atoms with E-state index in [1.54, 1.807) is 12.4 Å². The van der Waals surface area contributed by atoms with Gasteiger partial charge in [-0.3, -0.25) is 4.98 Å². The number of pyridine rings is 1. The summed E-state index contributed by atoms with van der Waals surface area (Å²) in [6.07, 6.45) is 1.10. The molecule has 0 bridgehead atoms. The first kappa shape index (κ1) is 22.7. The molecule has 1 saturated heterocycles. The summed E-state index contributed by atoms with van der Waals surface area (Å²) in [5.41, 5.74) is 1.02. The van der Waals surface area contributed by atoms with E-state index < -0.39 is 18.4 Å². The van der Waals surface area contributed by atoms with Gasteiger partial charge in [-0.15, -0.1) is 0 Å². The molecule has 2 aliphatic rings. The Bertz CT molecular complexity index is 700. The predicted molar refractivity (Wildman–Crippen MR) is 103 cm³/mol. The van der Waals surface area contributed by atoms with Crippen molar-refractivity contribution in [3.63, 3.8) is 0 Å². The molecule has 1 aromatic heterocycles. The summed E-state index contributed by atoms with van der Waals surface area (Å²) in [6.45, 7) is 3.49. The van der Waals surface area contributed by atoms with Crippen LogP contribution in [-0.4, -0.2) is 59.7 Å². The van der Waals surface area contributed by atoms with Gasteiger partial charge in [0.1, 0.15) is 5.75 Å². The lowest BCUT2D eigenvalue weighted by Crippen LogP contribution is -2.44. The van der Waals surface area contributed by atoms with E-state index in [-0.39, 0.29) is 18.3 Å². The summed E-state index contributed by atoms with van der Waals surface area (Å²) < 4.78 is 54.4. The van der Waals surface area contributed by atoms with Gasteiger partial charge in [-0.25, -0.2) is 4.79 Å². The second-order valence-corrected chi connectivity index (χ2v) is 8.05. The molecule has 2 heterocycles. The number of hydrogen-bond donors (Lipinski definition) is 0. The average Bonchev–Trinajstić information content (AvgIpc) is 2.71. The summed E-state index contributed by atoms with van der Waals surface area (Å²) in [6, 6.07) is 1.88. The molecule has 1 saturated carbocycles. The number of piperidine rings is 1. The monoisotopic (exact) mass is 430 g/mol. The van der Waals surface area contributed by atoms with Gasteiger partial charge in [0.2, 0.25) is 0 Å². The van der Waals surface area contributed by atoms with Gasteiger partial charge < -0.3 is 19.1 Å². The third kappa shape index (κ3) is 6.23. The Hall–Kier alpha value is -2.03. The Morgan fingerprint density at radius 1 is 1.10 bits per heavy atom. The minimum atomic E-state index is -4.55. The molecule has 9 heteroatoms. The van der Waals surface area contributed by atoms with Crippen LogP contribution in [0.4, 0.5) is 18.0 Å². The van der Waals surface area contributed by atoms with E-state index in [1.165, 1.54) is 4.90 Å². The van der Waals surface area contributed by atoms with E-state index in [0.29, 0.717) is 25.9 Å². The molecular formula is C21H29F3N2O4. The Morgan fingerprint density at radius 2 is 1.70 bits per heavy atom. The number of rotatable bonds is 5. The van der Waals surface area contributed by atoms with Gasteiger partial charge in [-0.1, -0.05) is 0 Å². The molecular weight excluding hydrogens is 401 g/mol. The van der Waals surface area contributed by atoms with Crippen molar-refractivity contribution in [2.45, 2.75) is 83.0 Å². The van der Waals surface area contributed by atoms with Crippen molar-refractivity contribution in [2.75, 3.05) is 13.1 Å². The third-order valence-electron chi connectivity index (χ3n) is 5.71. The molecule has 1 atom stereocenters. The Morgan fingerprint density at radius 3 is 2.30 bits per heavy atom. The maximum absolute atomic E-state index is 12.5. The molecule has 0 aromatic carbocycles. The van der Waals surface area contributed by atoms with Gasteiger partial charge in [0.25, 0.3) is 0 Å². The van der Waals surface area contributed by atoms with Gasteiger partial charge in [0.15, 0.2) is 6.10 Å². The molecule has 2 fully saturated rings. The first-order valence-corrected chi connectivity index (χ1v) is 10.5. The highest BCUT2D eigenvalue weighted by molar-refractivity contribution is 5.68. The Labute approximate surface area is 174 Å². The van der Waals surface area contributed by atoms with Gasteiger partial charge in [0, 0.05) is 31.0 Å². The first-order chi connectivity index (χ1) is 14.2. The fourth-order valence-corrected chi connectivity index (χ4v) is 3.80. The molecule has 1 unspecified atom stereocenters. The molecule has 0 spiro atoms. The van der Waals surface area contributed by atoms with Crippen LogP contribution in [0.2, 0.25) is 0 Å². The zero-order valence-corrected chi connectivity index (χ0v) is 17.4. The molecule has 30 heavy (non-hydrogen) atoms. The van der Waals surface area contributed by atoms with Crippen LogP contribution < -0.4 is 4.74 Å². The van der Waals surface area contributed by atoms with Crippen LogP contribution in [0.15, 0.2) is 18.5 Å². The average molecular weight is 430 g/mol. The number of amides is 1. The number of aromatic nitrogens is 1. The molecule has 1 aliphatic carbocycles. The van der Waals surface area contributed by atoms with Gasteiger partial charge in [-0.05, 0) is 58.4 Å². The van der Waals surface area contributed by atoms with E-state index in [4.69, 9.17) is 9.47 Å². The molecule has 1 amide bonds. The molecule has 0 N–H and O–H groups in total. The van der Waals surface area contributed by atoms with Gasteiger partial charge in [0.05, 0.1) is 18.3 Å². The topological polar surface area (TPSA) is 60.9 Å². The lowest BCUT2D eigenvalue weighted by molar-refractivity contribution is -0.200. The van der Waals surface area contributed by atoms with Crippen LogP contribution in [0.3, 0.4) is 0 Å². The van der Waals surface area contributed by atoms with E-state index in [1.807, 2.05) is 13.0 Å². The molecule has 6 nitrogen and oxygen atoms in total. The van der Waals surface area contributed by atoms with Crippen LogP contribution >= 0.6 is 0 Å². The van der Waals surface area contributed by atoms with Crippen molar-refractivity contribution in [3.05, 3.63) is 24.0 Å². The lowest BCUT2D eigenvalue weighted by atomic mass is 9.94. The molecule has 168 valence electrons. The number of carbonyl (C=O) groups is 1. The smallest absolute Gasteiger partial charge is 0.425 e. The van der Waals surface area contributed by atoms with Crippen molar-refractivity contribution in [3.8, 4) is 5.75 Å². The zero-order chi connectivity index (χ0) is 21.7. The second kappa shape index (κ2) is 9.85. The van der Waals surface area contributed by atoms with Crippen molar-refractivity contribution in [1.29, 1.82) is 0 Å². The third-order valence-corrected chi connectivity index (χ3v) is 5.71. The predicted octanol–water partition coefficient (Wildman–Crippen LogP) is 4.65. The highest BCUT2D eigenvalue weighted by Crippen LogP contribution is 2.29. The molecule has 1 aromatic rings. The van der Waals surface area contributed by atoms with Gasteiger partial charge >= 0.3 is 12.3 Å². The highest BCUT2D eigenvalue weighted by Gasteiger charge is 2.40. The standard InChI is InChI=1S/C21H29F3N2O4/c1-14-13-25-10-7-19(14)30-17-5-3-16(4-6-17)29-18-8-11-26(12-9-18)20(27)28-15(2)21(22,23)24/h7,10,13,15-18H,3-6,8-9,11-12H2,1-2H3/t15?,16-,17-. The molecule has 1 aliphatic heterocycles. The Kier molecular flexibility index (Phi) is 7.44. The number of hydrogen-bond acceptors (Lipinski definition) is 5. The number of halogens is 3. The van der Waals surface area contributed by atoms with Crippen LogP contribution in [-0.2, 0) is 9.47 Å². The van der Waals surface area contributed by atoms with Crippen molar-refractivity contribution >= 4 is 6.09 Å². The second-order valence-electron chi connectivity index (χ2n) is 8.05. The van der Waals surface area contributed by atoms with E-state index >= 15 is 0 Å². The highest BCUT2D eigenvalue weighted by atomic mass is 19.4. The van der Waals surface area contributed by atoms with Gasteiger partial charge in [-0.2, -0.15) is 13.2 Å². The van der Waals surface area contributed by atoms with Crippen LogP contribution in [0.1, 0.15) is 51.0 Å². The normalized spacial score (nSPS) is 24.4. The van der Waals surface area contributed by atoms with Crippen molar-refractivity contribution < 1.29 is 32.2 Å². The van der Waals surface area contributed by atoms with Crippen LogP contribution in [0, 0.1) is 6.92 Å². The number of carbonyl (C=O) groups excluding carboxylic acids is 1. The number of ether oxygens (including phenoxy) is 3. The van der Waals surface area contributed by atoms with E-state index in [2.05, 4.69) is 9.72 Å². The number of aryl methyl sites for hydroxylation is 1. The zero-order valence-electron chi connectivity index (χ0n) is 17.4. The van der Waals surface area contributed by atoms with Crippen molar-refractivity contribution in [1.82, 2.24) is 9.88 Å². The largest absolute Gasteiger partial charge is 0.490 e. The number of likely N-dealkylation sites (tertiary alicyclic amines) is 1. The molecule has 3 rings (SSSR count). The summed E-state index contributed by atoms with van der Waals surface area (Å²) in [4.78, 5) is 17.3. The summed E-state index contributed by atoms with van der Waals surface area (Å²) in [7, 11) is 0.